The molecule has 196 valence electrons. The molecule has 1 amide bonds. The zero-order valence-electron chi connectivity index (χ0n) is 21.6. The van der Waals surface area contributed by atoms with Gasteiger partial charge < -0.3 is 15.3 Å². The SMILES string of the molecule is C1CCC(C(CC2CCCCN2)C2CCCCC2)CC1.C[C@H](CS)C(=O)N1CCC[C@H]1C(=O)O. The zero-order valence-corrected chi connectivity index (χ0v) is 22.5. The monoisotopic (exact) mass is 494 g/mol. The summed E-state index contributed by atoms with van der Waals surface area (Å²) < 4.78 is 0. The molecule has 2 N–H and O–H groups in total. The topological polar surface area (TPSA) is 69.6 Å². The van der Waals surface area contributed by atoms with Crippen LogP contribution in [0, 0.1) is 23.7 Å². The second-order valence-corrected chi connectivity index (χ2v) is 11.8. The number of aliphatic carboxylic acids is 1. The predicted molar refractivity (Wildman–Crippen MR) is 142 cm³/mol. The minimum Gasteiger partial charge on any atom is -0.480 e. The molecule has 5 nitrogen and oxygen atoms in total. The smallest absolute Gasteiger partial charge is 0.326 e. The van der Waals surface area contributed by atoms with Crippen molar-refractivity contribution in [2.24, 2.45) is 23.7 Å². The van der Waals surface area contributed by atoms with E-state index < -0.39 is 12.0 Å². The van der Waals surface area contributed by atoms with Gasteiger partial charge in [-0.15, -0.1) is 0 Å². The molecule has 0 spiro atoms. The van der Waals surface area contributed by atoms with Crippen LogP contribution in [0.15, 0.2) is 0 Å². The fraction of sp³-hybridized carbons (Fsp3) is 0.929. The lowest BCUT2D eigenvalue weighted by Gasteiger charge is -2.40. The maximum Gasteiger partial charge on any atom is 0.326 e. The van der Waals surface area contributed by atoms with E-state index >= 15 is 0 Å². The number of piperidine rings is 1. The molecule has 0 radical (unpaired) electrons. The van der Waals surface area contributed by atoms with Crippen LogP contribution in [0.5, 0.6) is 0 Å². The molecule has 34 heavy (non-hydrogen) atoms. The standard InChI is InChI=1S/C19H35N.C9H15NO3S/c1-3-9-16(10-4-1)19(17-11-5-2-6-12-17)15-18-13-7-8-14-20-18;1-6(5-14)8(11)10-4-2-3-7(10)9(12)13/h16-20H,1-15H2;6-7,14H,2-5H2,1H3,(H,12,13)/t;6-,7+/m.1/s1. The third-order valence-electron chi connectivity index (χ3n) is 9.00. The van der Waals surface area contributed by atoms with Gasteiger partial charge >= 0.3 is 5.97 Å². The summed E-state index contributed by atoms with van der Waals surface area (Å²) in [5.41, 5.74) is 0. The maximum atomic E-state index is 11.7. The Labute approximate surface area is 213 Å². The molecule has 2 heterocycles. The van der Waals surface area contributed by atoms with Crippen LogP contribution < -0.4 is 5.32 Å². The second kappa shape index (κ2) is 14.7. The molecule has 4 fully saturated rings. The van der Waals surface area contributed by atoms with Crippen molar-refractivity contribution in [3.05, 3.63) is 0 Å². The number of rotatable bonds is 7. The van der Waals surface area contributed by atoms with Gasteiger partial charge in [-0.3, -0.25) is 4.79 Å². The predicted octanol–water partition coefficient (Wildman–Crippen LogP) is 5.92. The number of hydrogen-bond donors (Lipinski definition) is 3. The van der Waals surface area contributed by atoms with E-state index in [2.05, 4.69) is 17.9 Å². The quantitative estimate of drug-likeness (QED) is 0.384. The van der Waals surface area contributed by atoms with Crippen molar-refractivity contribution in [1.29, 1.82) is 0 Å². The van der Waals surface area contributed by atoms with Gasteiger partial charge in [-0.05, 0) is 56.4 Å². The van der Waals surface area contributed by atoms with Crippen molar-refractivity contribution in [1.82, 2.24) is 10.2 Å². The number of carboxylic acid groups (broad SMARTS) is 1. The number of carbonyl (C=O) groups excluding carboxylic acids is 1. The lowest BCUT2D eigenvalue weighted by molar-refractivity contribution is -0.149. The fourth-order valence-corrected chi connectivity index (χ4v) is 7.15. The average molecular weight is 495 g/mol. The second-order valence-electron chi connectivity index (χ2n) is 11.5. The first-order valence-electron chi connectivity index (χ1n) is 14.4. The van der Waals surface area contributed by atoms with E-state index in [9.17, 15) is 9.59 Å². The molecule has 4 aliphatic rings. The van der Waals surface area contributed by atoms with Crippen molar-refractivity contribution in [3.63, 3.8) is 0 Å². The Morgan fingerprint density at radius 3 is 1.97 bits per heavy atom. The van der Waals surface area contributed by atoms with E-state index in [0.29, 0.717) is 18.7 Å². The van der Waals surface area contributed by atoms with Gasteiger partial charge in [0.05, 0.1) is 0 Å². The number of hydrogen-bond acceptors (Lipinski definition) is 4. The summed E-state index contributed by atoms with van der Waals surface area (Å²) in [5, 5.41) is 12.7. The first-order chi connectivity index (χ1) is 16.5. The van der Waals surface area contributed by atoms with E-state index in [1.54, 1.807) is 32.6 Å². The highest BCUT2D eigenvalue weighted by atomic mass is 32.1. The Balaban J connectivity index is 0.000000204. The minimum atomic E-state index is -0.901. The number of thiol groups is 1. The van der Waals surface area contributed by atoms with E-state index in [4.69, 9.17) is 5.11 Å². The molecule has 3 atom stereocenters. The molecule has 0 aromatic heterocycles. The Morgan fingerprint density at radius 2 is 1.47 bits per heavy atom. The van der Waals surface area contributed by atoms with Crippen LogP contribution >= 0.6 is 12.6 Å². The van der Waals surface area contributed by atoms with Gasteiger partial charge in [-0.25, -0.2) is 4.79 Å². The first-order valence-corrected chi connectivity index (χ1v) is 15.0. The Hall–Kier alpha value is -0.750. The van der Waals surface area contributed by atoms with Gasteiger partial charge in [0.2, 0.25) is 5.91 Å². The molecule has 0 aromatic rings. The molecule has 1 unspecified atom stereocenters. The number of carboxylic acids is 1. The Bertz CT molecular complexity index is 595. The van der Waals surface area contributed by atoms with E-state index in [1.165, 1.54) is 75.7 Å². The largest absolute Gasteiger partial charge is 0.480 e. The lowest BCUT2D eigenvalue weighted by Crippen LogP contribution is -2.43. The summed E-state index contributed by atoms with van der Waals surface area (Å²) >= 11 is 4.03. The van der Waals surface area contributed by atoms with E-state index in [1.807, 2.05) is 0 Å². The van der Waals surface area contributed by atoms with Crippen LogP contribution in [0.2, 0.25) is 0 Å². The highest BCUT2D eigenvalue weighted by Gasteiger charge is 2.35. The van der Waals surface area contributed by atoms with Crippen LogP contribution in [-0.2, 0) is 9.59 Å². The molecule has 2 aliphatic carbocycles. The number of amides is 1. The first kappa shape index (κ1) is 27.8. The van der Waals surface area contributed by atoms with Crippen molar-refractivity contribution in [2.75, 3.05) is 18.8 Å². The zero-order chi connectivity index (χ0) is 24.3. The molecule has 2 saturated heterocycles. The normalized spacial score (nSPS) is 27.8. The van der Waals surface area contributed by atoms with Crippen molar-refractivity contribution in [3.8, 4) is 0 Å². The fourth-order valence-electron chi connectivity index (χ4n) is 7.00. The highest BCUT2D eigenvalue weighted by molar-refractivity contribution is 7.80. The third-order valence-corrected chi connectivity index (χ3v) is 9.54. The van der Waals surface area contributed by atoms with Crippen LogP contribution in [0.1, 0.15) is 110 Å². The molecular weight excluding hydrogens is 444 g/mol. The van der Waals surface area contributed by atoms with Gasteiger partial charge in [0.25, 0.3) is 0 Å². The van der Waals surface area contributed by atoms with Crippen LogP contribution in [0.3, 0.4) is 0 Å². The minimum absolute atomic E-state index is 0.0927. The number of carbonyl (C=O) groups is 2. The van der Waals surface area contributed by atoms with Crippen molar-refractivity contribution < 1.29 is 14.7 Å². The van der Waals surface area contributed by atoms with Crippen molar-refractivity contribution in [2.45, 2.75) is 122 Å². The lowest BCUT2D eigenvalue weighted by atomic mass is 9.67. The van der Waals surface area contributed by atoms with Crippen LogP contribution in [-0.4, -0.2) is 52.8 Å². The Kier molecular flexibility index (Phi) is 12.1. The van der Waals surface area contributed by atoms with Gasteiger partial charge in [0.15, 0.2) is 0 Å². The summed E-state index contributed by atoms with van der Waals surface area (Å²) in [4.78, 5) is 24.0. The third kappa shape index (κ3) is 8.15. The summed E-state index contributed by atoms with van der Waals surface area (Å²) in [7, 11) is 0. The van der Waals surface area contributed by atoms with E-state index in [-0.39, 0.29) is 11.8 Å². The summed E-state index contributed by atoms with van der Waals surface area (Å²) in [6.07, 6.45) is 22.5. The molecule has 0 bridgehead atoms. The average Bonchev–Trinajstić information content (AvgIpc) is 3.39. The van der Waals surface area contributed by atoms with E-state index in [0.717, 1.165) is 30.2 Å². The van der Waals surface area contributed by atoms with Gasteiger partial charge in [-0.2, -0.15) is 12.6 Å². The molecule has 2 aliphatic heterocycles. The molecule has 0 aromatic carbocycles. The number of likely N-dealkylation sites (tertiary alicyclic amines) is 1. The number of nitrogens with one attached hydrogen (secondary N) is 1. The van der Waals surface area contributed by atoms with Crippen LogP contribution in [0.4, 0.5) is 0 Å². The maximum absolute atomic E-state index is 11.7. The summed E-state index contributed by atoms with van der Waals surface area (Å²) in [6, 6.07) is 0.238. The van der Waals surface area contributed by atoms with Crippen LogP contribution in [0.25, 0.3) is 0 Å². The molecule has 4 rings (SSSR count). The highest BCUT2D eigenvalue weighted by Crippen LogP contribution is 2.42. The molecule has 2 saturated carbocycles. The van der Waals surface area contributed by atoms with Gasteiger partial charge in [0, 0.05) is 24.3 Å². The summed E-state index contributed by atoms with van der Waals surface area (Å²) in [6.45, 7) is 3.62. The number of nitrogens with zero attached hydrogens (tertiary/aromatic N) is 1. The summed E-state index contributed by atoms with van der Waals surface area (Å²) in [5.74, 6) is 2.49. The van der Waals surface area contributed by atoms with Gasteiger partial charge in [0.1, 0.15) is 6.04 Å². The van der Waals surface area contributed by atoms with Crippen molar-refractivity contribution >= 4 is 24.5 Å². The van der Waals surface area contributed by atoms with Gasteiger partial charge in [-0.1, -0.05) is 77.6 Å². The molecular formula is C28H50N2O3S. The Morgan fingerprint density at radius 1 is 0.882 bits per heavy atom. The molecule has 6 heteroatoms.